The molecule has 1 aliphatic rings. The van der Waals surface area contributed by atoms with Crippen molar-refractivity contribution in [3.63, 3.8) is 0 Å². The Kier molecular flexibility index (Phi) is 5.65. The number of rotatable bonds is 5. The van der Waals surface area contributed by atoms with Crippen molar-refractivity contribution >= 4 is 5.97 Å². The summed E-state index contributed by atoms with van der Waals surface area (Å²) in [6, 6.07) is -0.274. The number of hydrogen-bond donors (Lipinski definition) is 1. The fourth-order valence-corrected chi connectivity index (χ4v) is 2.13. The minimum atomic E-state index is -0.672. The molecule has 0 amide bonds. The Bertz CT molecular complexity index is 196. The molecule has 0 spiro atoms. The summed E-state index contributed by atoms with van der Waals surface area (Å²) in [5, 5.41) is 9.12. The van der Waals surface area contributed by atoms with Crippen LogP contribution in [0.2, 0.25) is 0 Å². The van der Waals surface area contributed by atoms with Crippen LogP contribution in [-0.2, 0) is 9.53 Å². The lowest BCUT2D eigenvalue weighted by molar-refractivity contribution is -0.143. The van der Waals surface area contributed by atoms with Crippen LogP contribution in [0, 0.1) is 0 Å². The van der Waals surface area contributed by atoms with Gasteiger partial charge in [-0.25, -0.2) is 0 Å². The van der Waals surface area contributed by atoms with Gasteiger partial charge in [-0.15, -0.1) is 0 Å². The van der Waals surface area contributed by atoms with Crippen LogP contribution in [0.4, 0.5) is 0 Å². The average molecular weight is 215 g/mol. The van der Waals surface area contributed by atoms with E-state index in [-0.39, 0.29) is 6.04 Å². The van der Waals surface area contributed by atoms with Gasteiger partial charge in [0, 0.05) is 20.3 Å². The predicted molar refractivity (Wildman–Crippen MR) is 58.0 cm³/mol. The highest BCUT2D eigenvalue weighted by molar-refractivity contribution is 5.73. The maximum absolute atomic E-state index is 11.1. The molecular weight excluding hydrogens is 194 g/mol. The third-order valence-corrected chi connectivity index (χ3v) is 2.94. The Morgan fingerprint density at radius 3 is 2.93 bits per heavy atom. The van der Waals surface area contributed by atoms with E-state index in [0.29, 0.717) is 6.61 Å². The number of carbonyl (C=O) groups is 1. The summed E-state index contributed by atoms with van der Waals surface area (Å²) in [5.74, 6) is -0.672. The normalized spacial score (nSPS) is 23.7. The van der Waals surface area contributed by atoms with Gasteiger partial charge in [0.05, 0.1) is 0 Å². The Morgan fingerprint density at radius 1 is 1.47 bits per heavy atom. The highest BCUT2D eigenvalue weighted by Crippen LogP contribution is 2.17. The van der Waals surface area contributed by atoms with Gasteiger partial charge in [0.15, 0.2) is 0 Å². The lowest BCUT2D eigenvalue weighted by Gasteiger charge is -2.26. The quantitative estimate of drug-likeness (QED) is 0.703. The Balaban J connectivity index is 2.43. The van der Waals surface area contributed by atoms with Crippen molar-refractivity contribution < 1.29 is 14.6 Å². The summed E-state index contributed by atoms with van der Waals surface area (Å²) < 4.78 is 4.99. The van der Waals surface area contributed by atoms with E-state index in [1.165, 1.54) is 0 Å². The van der Waals surface area contributed by atoms with E-state index < -0.39 is 5.97 Å². The zero-order chi connectivity index (χ0) is 11.1. The van der Waals surface area contributed by atoms with Gasteiger partial charge in [-0.3, -0.25) is 9.69 Å². The number of likely N-dealkylation sites (tertiary alicyclic amines) is 1. The van der Waals surface area contributed by atoms with Crippen molar-refractivity contribution in [3.05, 3.63) is 0 Å². The van der Waals surface area contributed by atoms with Crippen molar-refractivity contribution in [3.8, 4) is 0 Å². The molecule has 1 rings (SSSR count). The molecule has 1 aliphatic heterocycles. The number of carboxylic acid groups (broad SMARTS) is 1. The van der Waals surface area contributed by atoms with Crippen molar-refractivity contribution in [2.24, 2.45) is 0 Å². The van der Waals surface area contributed by atoms with E-state index in [9.17, 15) is 4.79 Å². The van der Waals surface area contributed by atoms with Crippen LogP contribution in [0.3, 0.4) is 0 Å². The van der Waals surface area contributed by atoms with E-state index in [1.807, 2.05) is 0 Å². The van der Waals surface area contributed by atoms with Crippen molar-refractivity contribution in [2.75, 3.05) is 26.8 Å². The monoisotopic (exact) mass is 215 g/mol. The maximum atomic E-state index is 11.1. The second kappa shape index (κ2) is 6.80. The summed E-state index contributed by atoms with van der Waals surface area (Å²) in [5.41, 5.74) is 0. The van der Waals surface area contributed by atoms with Gasteiger partial charge in [-0.1, -0.05) is 12.8 Å². The molecule has 0 aromatic rings. The summed E-state index contributed by atoms with van der Waals surface area (Å²) >= 11 is 0. The molecule has 1 atom stereocenters. The molecule has 0 aromatic heterocycles. The topological polar surface area (TPSA) is 49.8 Å². The van der Waals surface area contributed by atoms with Gasteiger partial charge >= 0.3 is 5.97 Å². The minimum absolute atomic E-state index is 0.274. The number of hydrogen-bond acceptors (Lipinski definition) is 3. The second-order valence-corrected chi connectivity index (χ2v) is 4.09. The average Bonchev–Trinajstić information content (AvgIpc) is 2.43. The third kappa shape index (κ3) is 4.18. The van der Waals surface area contributed by atoms with E-state index in [1.54, 1.807) is 7.11 Å². The molecule has 88 valence electrons. The first-order valence-electron chi connectivity index (χ1n) is 5.71. The van der Waals surface area contributed by atoms with Crippen LogP contribution in [0.1, 0.15) is 32.1 Å². The van der Waals surface area contributed by atoms with Gasteiger partial charge in [0.1, 0.15) is 6.04 Å². The van der Waals surface area contributed by atoms with Gasteiger partial charge < -0.3 is 9.84 Å². The van der Waals surface area contributed by atoms with Crippen LogP contribution >= 0.6 is 0 Å². The lowest BCUT2D eigenvalue weighted by Crippen LogP contribution is -2.41. The molecule has 1 saturated heterocycles. The second-order valence-electron chi connectivity index (χ2n) is 4.09. The first kappa shape index (κ1) is 12.5. The van der Waals surface area contributed by atoms with Crippen molar-refractivity contribution in [1.82, 2.24) is 4.90 Å². The molecule has 0 aliphatic carbocycles. The zero-order valence-corrected chi connectivity index (χ0v) is 9.45. The maximum Gasteiger partial charge on any atom is 0.320 e. The largest absolute Gasteiger partial charge is 0.480 e. The van der Waals surface area contributed by atoms with E-state index in [0.717, 1.165) is 45.2 Å². The van der Waals surface area contributed by atoms with Crippen LogP contribution in [0.5, 0.6) is 0 Å². The molecule has 1 N–H and O–H groups in total. The van der Waals surface area contributed by atoms with E-state index in [2.05, 4.69) is 4.90 Å². The standard InChI is InChI=1S/C11H21NO3/c1-15-9-5-8-12-7-4-2-3-6-10(12)11(13)14/h10H,2-9H2,1H3,(H,13,14). The number of nitrogens with zero attached hydrogens (tertiary/aromatic N) is 1. The third-order valence-electron chi connectivity index (χ3n) is 2.94. The molecule has 1 heterocycles. The number of ether oxygens (including phenoxy) is 1. The molecule has 0 radical (unpaired) electrons. The van der Waals surface area contributed by atoms with Gasteiger partial charge in [-0.05, 0) is 25.8 Å². The first-order chi connectivity index (χ1) is 7.25. The lowest BCUT2D eigenvalue weighted by atomic mass is 10.1. The Morgan fingerprint density at radius 2 is 2.27 bits per heavy atom. The Hall–Kier alpha value is -0.610. The SMILES string of the molecule is COCCCN1CCCCCC1C(=O)O. The molecule has 1 fully saturated rings. The highest BCUT2D eigenvalue weighted by Gasteiger charge is 2.26. The summed E-state index contributed by atoms with van der Waals surface area (Å²) in [4.78, 5) is 13.2. The highest BCUT2D eigenvalue weighted by atomic mass is 16.5. The molecular formula is C11H21NO3. The first-order valence-corrected chi connectivity index (χ1v) is 5.71. The molecule has 0 aromatic carbocycles. The summed E-state index contributed by atoms with van der Waals surface area (Å²) in [6.45, 7) is 2.47. The molecule has 1 unspecified atom stereocenters. The van der Waals surface area contributed by atoms with Gasteiger partial charge in [-0.2, -0.15) is 0 Å². The fraction of sp³-hybridized carbons (Fsp3) is 0.909. The molecule has 0 saturated carbocycles. The van der Waals surface area contributed by atoms with Crippen LogP contribution in [0.15, 0.2) is 0 Å². The minimum Gasteiger partial charge on any atom is -0.480 e. The number of carboxylic acids is 1. The van der Waals surface area contributed by atoms with Crippen LogP contribution in [-0.4, -0.2) is 48.8 Å². The Labute approximate surface area is 91.2 Å². The molecule has 15 heavy (non-hydrogen) atoms. The number of aliphatic carboxylic acids is 1. The summed E-state index contributed by atoms with van der Waals surface area (Å²) in [7, 11) is 1.68. The van der Waals surface area contributed by atoms with Gasteiger partial charge in [0.25, 0.3) is 0 Å². The van der Waals surface area contributed by atoms with Crippen LogP contribution < -0.4 is 0 Å². The van der Waals surface area contributed by atoms with Crippen LogP contribution in [0.25, 0.3) is 0 Å². The summed E-state index contributed by atoms with van der Waals surface area (Å²) in [6.07, 6.45) is 5.03. The fourth-order valence-electron chi connectivity index (χ4n) is 2.13. The van der Waals surface area contributed by atoms with E-state index in [4.69, 9.17) is 9.84 Å². The van der Waals surface area contributed by atoms with Crippen molar-refractivity contribution in [2.45, 2.75) is 38.1 Å². The smallest absolute Gasteiger partial charge is 0.320 e. The number of methoxy groups -OCH3 is 1. The molecule has 4 heteroatoms. The van der Waals surface area contributed by atoms with Gasteiger partial charge in [0.2, 0.25) is 0 Å². The van der Waals surface area contributed by atoms with Crippen molar-refractivity contribution in [1.29, 1.82) is 0 Å². The molecule has 0 bridgehead atoms. The zero-order valence-electron chi connectivity index (χ0n) is 9.45. The molecule has 4 nitrogen and oxygen atoms in total. The predicted octanol–water partition coefficient (Wildman–Crippen LogP) is 1.35. The van der Waals surface area contributed by atoms with E-state index >= 15 is 0 Å².